The van der Waals surface area contributed by atoms with Crippen molar-refractivity contribution >= 4 is 11.8 Å². The van der Waals surface area contributed by atoms with E-state index in [0.29, 0.717) is 5.92 Å². The van der Waals surface area contributed by atoms with E-state index in [1.165, 1.54) is 17.9 Å². The molecule has 2 rings (SSSR count). The summed E-state index contributed by atoms with van der Waals surface area (Å²) in [4.78, 5) is 0. The Kier molecular flexibility index (Phi) is 3.02. The molecule has 0 bridgehead atoms. The van der Waals surface area contributed by atoms with Crippen LogP contribution in [0.3, 0.4) is 0 Å². The number of rotatable bonds is 3. The van der Waals surface area contributed by atoms with Gasteiger partial charge in [0.05, 0.1) is 6.04 Å². The fourth-order valence-electron chi connectivity index (χ4n) is 1.64. The normalized spacial score (nSPS) is 24.0. The molecule has 5 nitrogen and oxygen atoms in total. The number of aromatic nitrogens is 4. The average molecular weight is 213 g/mol. The maximum absolute atomic E-state index is 5.76. The molecule has 2 atom stereocenters. The summed E-state index contributed by atoms with van der Waals surface area (Å²) in [5, 5.41) is 11.6. The van der Waals surface area contributed by atoms with Gasteiger partial charge in [-0.2, -0.15) is 11.8 Å². The molecule has 2 heterocycles. The largest absolute Gasteiger partial charge is 0.322 e. The summed E-state index contributed by atoms with van der Waals surface area (Å²) in [6, 6.07) is -0.0842. The van der Waals surface area contributed by atoms with Crippen molar-refractivity contribution in [3.63, 3.8) is 0 Å². The minimum Gasteiger partial charge on any atom is -0.322 e. The smallest absolute Gasteiger partial charge is 0.167 e. The van der Waals surface area contributed by atoms with Crippen molar-refractivity contribution in [3.05, 3.63) is 5.82 Å². The lowest BCUT2D eigenvalue weighted by atomic mass is 10.1. The molecule has 0 amide bonds. The number of tetrazole rings is 1. The van der Waals surface area contributed by atoms with Gasteiger partial charge in [-0.3, -0.25) is 0 Å². The van der Waals surface area contributed by atoms with Crippen LogP contribution in [0, 0.1) is 5.92 Å². The summed E-state index contributed by atoms with van der Waals surface area (Å²) < 4.78 is 1.85. The monoisotopic (exact) mass is 213 g/mol. The topological polar surface area (TPSA) is 69.6 Å². The van der Waals surface area contributed by atoms with Crippen molar-refractivity contribution in [1.82, 2.24) is 20.2 Å². The summed E-state index contributed by atoms with van der Waals surface area (Å²) >= 11 is 2.01. The van der Waals surface area contributed by atoms with E-state index in [9.17, 15) is 0 Å². The first-order valence-corrected chi connectivity index (χ1v) is 6.02. The van der Waals surface area contributed by atoms with E-state index >= 15 is 0 Å². The van der Waals surface area contributed by atoms with E-state index in [1.807, 2.05) is 23.4 Å². The molecule has 1 aliphatic heterocycles. The molecule has 1 aromatic rings. The van der Waals surface area contributed by atoms with Crippen LogP contribution in [-0.2, 0) is 6.54 Å². The van der Waals surface area contributed by atoms with Crippen LogP contribution in [0.4, 0.5) is 0 Å². The lowest BCUT2D eigenvalue weighted by Crippen LogP contribution is -2.18. The molecule has 1 aromatic heterocycles. The van der Waals surface area contributed by atoms with E-state index in [2.05, 4.69) is 15.5 Å². The summed E-state index contributed by atoms with van der Waals surface area (Å²) in [5.74, 6) is 3.99. The average Bonchev–Trinajstić information content (AvgIpc) is 2.75. The van der Waals surface area contributed by atoms with Crippen molar-refractivity contribution in [1.29, 1.82) is 0 Å². The van der Waals surface area contributed by atoms with Crippen LogP contribution in [0.2, 0.25) is 0 Å². The SMILES string of the molecule is CC(N)c1nnnn1CC1CCSC1. The van der Waals surface area contributed by atoms with Gasteiger partial charge in [0.15, 0.2) is 5.82 Å². The van der Waals surface area contributed by atoms with Gasteiger partial charge in [0.25, 0.3) is 0 Å². The van der Waals surface area contributed by atoms with Gasteiger partial charge in [0, 0.05) is 6.54 Å². The van der Waals surface area contributed by atoms with Crippen LogP contribution in [0.5, 0.6) is 0 Å². The van der Waals surface area contributed by atoms with Gasteiger partial charge < -0.3 is 5.73 Å². The van der Waals surface area contributed by atoms with E-state index in [-0.39, 0.29) is 6.04 Å². The molecule has 0 aromatic carbocycles. The Balaban J connectivity index is 2.04. The molecule has 0 aliphatic carbocycles. The van der Waals surface area contributed by atoms with Crippen LogP contribution in [0.1, 0.15) is 25.2 Å². The fourth-order valence-corrected chi connectivity index (χ4v) is 2.91. The first-order valence-electron chi connectivity index (χ1n) is 4.86. The Bertz CT molecular complexity index is 292. The molecule has 1 saturated heterocycles. The van der Waals surface area contributed by atoms with Crippen molar-refractivity contribution in [2.24, 2.45) is 11.7 Å². The second kappa shape index (κ2) is 4.27. The van der Waals surface area contributed by atoms with Gasteiger partial charge in [0.1, 0.15) is 0 Å². The third-order valence-electron chi connectivity index (χ3n) is 2.42. The molecule has 0 radical (unpaired) electrons. The summed E-state index contributed by atoms with van der Waals surface area (Å²) in [5.41, 5.74) is 5.76. The zero-order chi connectivity index (χ0) is 9.97. The Morgan fingerprint density at radius 3 is 3.21 bits per heavy atom. The predicted octanol–water partition coefficient (Wildman–Crippen LogP) is 0.446. The van der Waals surface area contributed by atoms with Gasteiger partial charge in [0.2, 0.25) is 0 Å². The quantitative estimate of drug-likeness (QED) is 0.789. The molecule has 14 heavy (non-hydrogen) atoms. The summed E-state index contributed by atoms with van der Waals surface area (Å²) in [6.45, 7) is 2.82. The Labute approximate surface area is 87.4 Å². The van der Waals surface area contributed by atoms with E-state index in [1.54, 1.807) is 0 Å². The minimum atomic E-state index is -0.0842. The molecule has 2 unspecified atom stereocenters. The van der Waals surface area contributed by atoms with Gasteiger partial charge in [-0.15, -0.1) is 5.10 Å². The first kappa shape index (κ1) is 9.92. The number of nitrogens with zero attached hydrogens (tertiary/aromatic N) is 4. The number of thioether (sulfide) groups is 1. The van der Waals surface area contributed by atoms with E-state index in [0.717, 1.165) is 12.4 Å². The third kappa shape index (κ3) is 2.06. The Hall–Kier alpha value is -0.620. The van der Waals surface area contributed by atoms with E-state index in [4.69, 9.17) is 5.73 Å². The van der Waals surface area contributed by atoms with Gasteiger partial charge >= 0.3 is 0 Å². The van der Waals surface area contributed by atoms with E-state index < -0.39 is 0 Å². The maximum atomic E-state index is 5.76. The molecule has 6 heteroatoms. The van der Waals surface area contributed by atoms with Crippen molar-refractivity contribution in [2.45, 2.75) is 25.9 Å². The van der Waals surface area contributed by atoms with Crippen molar-refractivity contribution in [2.75, 3.05) is 11.5 Å². The predicted molar refractivity (Wildman–Crippen MR) is 55.9 cm³/mol. The lowest BCUT2D eigenvalue weighted by molar-refractivity contribution is 0.431. The van der Waals surface area contributed by atoms with Gasteiger partial charge in [-0.05, 0) is 41.2 Å². The minimum absolute atomic E-state index is 0.0842. The standard InChI is InChI=1S/C8H15N5S/c1-6(9)8-10-11-12-13(8)4-7-2-3-14-5-7/h6-7H,2-5,9H2,1H3. The third-order valence-corrected chi connectivity index (χ3v) is 3.65. The van der Waals surface area contributed by atoms with Crippen LogP contribution in [-0.4, -0.2) is 31.7 Å². The first-order chi connectivity index (χ1) is 6.77. The highest BCUT2D eigenvalue weighted by atomic mass is 32.2. The fraction of sp³-hybridized carbons (Fsp3) is 0.875. The van der Waals surface area contributed by atoms with Crippen LogP contribution >= 0.6 is 11.8 Å². The molecule has 78 valence electrons. The Morgan fingerprint density at radius 1 is 1.71 bits per heavy atom. The second-order valence-electron chi connectivity index (χ2n) is 3.74. The molecular formula is C8H15N5S. The van der Waals surface area contributed by atoms with Crippen molar-refractivity contribution < 1.29 is 0 Å². The molecule has 0 spiro atoms. The highest BCUT2D eigenvalue weighted by Crippen LogP contribution is 2.24. The summed E-state index contributed by atoms with van der Waals surface area (Å²) in [6.07, 6.45) is 1.27. The maximum Gasteiger partial charge on any atom is 0.167 e. The number of hydrogen-bond donors (Lipinski definition) is 1. The molecule has 0 saturated carbocycles. The highest BCUT2D eigenvalue weighted by Gasteiger charge is 2.19. The van der Waals surface area contributed by atoms with Crippen LogP contribution in [0.25, 0.3) is 0 Å². The summed E-state index contributed by atoms with van der Waals surface area (Å²) in [7, 11) is 0. The molecule has 1 aliphatic rings. The van der Waals surface area contributed by atoms with Gasteiger partial charge in [-0.25, -0.2) is 4.68 Å². The highest BCUT2D eigenvalue weighted by molar-refractivity contribution is 7.99. The van der Waals surface area contributed by atoms with Crippen LogP contribution in [0.15, 0.2) is 0 Å². The molecular weight excluding hydrogens is 198 g/mol. The zero-order valence-electron chi connectivity index (χ0n) is 8.26. The van der Waals surface area contributed by atoms with Gasteiger partial charge in [-0.1, -0.05) is 0 Å². The second-order valence-corrected chi connectivity index (χ2v) is 4.89. The van der Waals surface area contributed by atoms with Crippen LogP contribution < -0.4 is 5.73 Å². The molecule has 1 fully saturated rings. The Morgan fingerprint density at radius 2 is 2.57 bits per heavy atom. The zero-order valence-corrected chi connectivity index (χ0v) is 9.07. The number of hydrogen-bond acceptors (Lipinski definition) is 5. The number of nitrogens with two attached hydrogens (primary N) is 1. The molecule has 2 N–H and O–H groups in total. The lowest BCUT2D eigenvalue weighted by Gasteiger charge is -2.10. The van der Waals surface area contributed by atoms with Crippen molar-refractivity contribution in [3.8, 4) is 0 Å².